The summed E-state index contributed by atoms with van der Waals surface area (Å²) in [4.78, 5) is 0. The second-order valence-corrected chi connectivity index (χ2v) is 5.87. The summed E-state index contributed by atoms with van der Waals surface area (Å²) in [6.07, 6.45) is 0. The van der Waals surface area contributed by atoms with E-state index in [1.807, 2.05) is 0 Å². The number of halogens is 4. The van der Waals surface area contributed by atoms with Crippen LogP contribution in [0.15, 0.2) is 40.9 Å². The zero-order valence-electron chi connectivity index (χ0n) is 10.3. The molecule has 2 rings (SSSR count). The van der Waals surface area contributed by atoms with Gasteiger partial charge in [-0.25, -0.2) is 4.39 Å². The van der Waals surface area contributed by atoms with Gasteiger partial charge in [0.05, 0.1) is 11.1 Å². The minimum Gasteiger partial charge on any atom is -0.377 e. The predicted molar refractivity (Wildman–Crippen MR) is 86.0 cm³/mol. The normalized spacial score (nSPS) is 12.2. The first-order chi connectivity index (χ1) is 9.52. The minimum absolute atomic E-state index is 0.209. The van der Waals surface area contributed by atoms with E-state index in [9.17, 15) is 4.39 Å². The molecule has 0 aliphatic carbocycles. The zero-order chi connectivity index (χ0) is 14.7. The summed E-state index contributed by atoms with van der Waals surface area (Å²) in [7, 11) is 0. The lowest BCUT2D eigenvalue weighted by molar-refractivity contribution is 0.593. The van der Waals surface area contributed by atoms with Crippen LogP contribution in [-0.2, 0) is 0 Å². The Balaban J connectivity index is 2.31. The minimum atomic E-state index is -0.420. The molecule has 0 spiro atoms. The summed E-state index contributed by atoms with van der Waals surface area (Å²) < 4.78 is 14.7. The van der Waals surface area contributed by atoms with E-state index >= 15 is 0 Å². The Labute approximate surface area is 135 Å². The molecule has 20 heavy (non-hydrogen) atoms. The fraction of sp³-hybridized carbons (Fsp3) is 0.143. The average Bonchev–Trinajstić information content (AvgIpc) is 2.41. The first-order valence-electron chi connectivity index (χ1n) is 5.88. The van der Waals surface area contributed by atoms with Crippen LogP contribution in [0.25, 0.3) is 0 Å². The lowest BCUT2D eigenvalue weighted by Crippen LogP contribution is -2.22. The summed E-state index contributed by atoms with van der Waals surface area (Å²) in [6.45, 7) is 0.209. The number of hydrogen-bond acceptors (Lipinski definition) is 2. The number of hydrogen-bond donors (Lipinski definition) is 2. The molecule has 0 aliphatic heterocycles. The molecular formula is C14H12BrCl2FN2. The molecule has 0 saturated carbocycles. The van der Waals surface area contributed by atoms with Gasteiger partial charge in [-0.1, -0.05) is 29.3 Å². The monoisotopic (exact) mass is 376 g/mol. The predicted octanol–water partition coefficient (Wildman–Crippen LogP) is 5.01. The Kier molecular flexibility index (Phi) is 5.27. The molecule has 0 radical (unpaired) electrons. The maximum Gasteiger partial charge on any atom is 0.130 e. The highest BCUT2D eigenvalue weighted by Gasteiger charge is 2.17. The van der Waals surface area contributed by atoms with Gasteiger partial charge >= 0.3 is 0 Å². The van der Waals surface area contributed by atoms with Crippen LogP contribution in [0.3, 0.4) is 0 Å². The van der Waals surface area contributed by atoms with E-state index < -0.39 is 6.04 Å². The van der Waals surface area contributed by atoms with Crippen LogP contribution in [-0.4, -0.2) is 6.54 Å². The van der Waals surface area contributed by atoms with Crippen molar-refractivity contribution in [2.24, 2.45) is 5.73 Å². The van der Waals surface area contributed by atoms with Gasteiger partial charge in [0.25, 0.3) is 0 Å². The number of anilines is 1. The molecule has 1 unspecified atom stereocenters. The van der Waals surface area contributed by atoms with Crippen molar-refractivity contribution >= 4 is 44.8 Å². The smallest absolute Gasteiger partial charge is 0.130 e. The maximum absolute atomic E-state index is 13.9. The molecule has 1 atom stereocenters. The van der Waals surface area contributed by atoms with Gasteiger partial charge in [-0.15, -0.1) is 0 Å². The Morgan fingerprint density at radius 3 is 2.55 bits per heavy atom. The van der Waals surface area contributed by atoms with Gasteiger partial charge in [-0.2, -0.15) is 0 Å². The standard InChI is InChI=1S/C14H12BrCl2FN2/c15-9-6-8(4-5-10(9)16)20-13(7-19)14-11(17)2-1-3-12(14)18/h1-6,13,20H,7,19H2. The molecular weight excluding hydrogens is 366 g/mol. The van der Waals surface area contributed by atoms with Crippen molar-refractivity contribution in [3.63, 3.8) is 0 Å². The largest absolute Gasteiger partial charge is 0.377 e. The fourth-order valence-corrected chi connectivity index (χ4v) is 2.67. The summed E-state index contributed by atoms with van der Waals surface area (Å²) in [5.74, 6) is -0.381. The van der Waals surface area contributed by atoms with Crippen LogP contribution in [0.2, 0.25) is 10.0 Å². The molecule has 0 aromatic heterocycles. The van der Waals surface area contributed by atoms with E-state index in [2.05, 4.69) is 21.2 Å². The second-order valence-electron chi connectivity index (χ2n) is 4.20. The third-order valence-corrected chi connectivity index (χ3v) is 4.39. The van der Waals surface area contributed by atoms with Gasteiger partial charge in [0, 0.05) is 27.3 Å². The van der Waals surface area contributed by atoms with Crippen LogP contribution in [0.5, 0.6) is 0 Å². The number of nitrogens with one attached hydrogen (secondary N) is 1. The van der Waals surface area contributed by atoms with E-state index in [0.29, 0.717) is 15.6 Å². The number of nitrogens with two attached hydrogens (primary N) is 1. The Morgan fingerprint density at radius 1 is 1.20 bits per heavy atom. The van der Waals surface area contributed by atoms with Crippen molar-refractivity contribution in [3.05, 3.63) is 62.3 Å². The summed E-state index contributed by atoms with van der Waals surface area (Å²) in [6, 6.07) is 9.49. The zero-order valence-corrected chi connectivity index (χ0v) is 13.4. The first-order valence-corrected chi connectivity index (χ1v) is 7.43. The average molecular weight is 378 g/mol. The van der Waals surface area contributed by atoms with Gasteiger partial charge in [0.15, 0.2) is 0 Å². The van der Waals surface area contributed by atoms with E-state index in [1.54, 1.807) is 30.3 Å². The summed E-state index contributed by atoms with van der Waals surface area (Å²) in [5.41, 5.74) is 6.87. The van der Waals surface area contributed by atoms with Crippen molar-refractivity contribution in [2.45, 2.75) is 6.04 Å². The Hall–Kier alpha value is -0.810. The molecule has 0 amide bonds. The quantitative estimate of drug-likeness (QED) is 0.786. The molecule has 0 bridgehead atoms. The Bertz CT molecular complexity index is 602. The molecule has 6 heteroatoms. The highest BCUT2D eigenvalue weighted by Crippen LogP contribution is 2.30. The summed E-state index contributed by atoms with van der Waals surface area (Å²) >= 11 is 15.3. The highest BCUT2D eigenvalue weighted by molar-refractivity contribution is 9.10. The van der Waals surface area contributed by atoms with E-state index in [4.69, 9.17) is 28.9 Å². The van der Waals surface area contributed by atoms with Crippen LogP contribution in [0, 0.1) is 5.82 Å². The van der Waals surface area contributed by atoms with Gasteiger partial charge in [0.1, 0.15) is 5.82 Å². The summed E-state index contributed by atoms with van der Waals surface area (Å²) in [5, 5.41) is 4.11. The lowest BCUT2D eigenvalue weighted by atomic mass is 10.1. The molecule has 0 heterocycles. The van der Waals surface area contributed by atoms with Gasteiger partial charge in [-0.05, 0) is 46.3 Å². The second kappa shape index (κ2) is 6.76. The molecule has 0 fully saturated rings. The number of rotatable bonds is 4. The molecule has 2 aromatic rings. The van der Waals surface area contributed by atoms with Crippen molar-refractivity contribution in [2.75, 3.05) is 11.9 Å². The van der Waals surface area contributed by atoms with Crippen LogP contribution >= 0.6 is 39.1 Å². The topological polar surface area (TPSA) is 38.0 Å². The van der Waals surface area contributed by atoms with Crippen molar-refractivity contribution in [3.8, 4) is 0 Å². The van der Waals surface area contributed by atoms with Gasteiger partial charge < -0.3 is 11.1 Å². The van der Waals surface area contributed by atoms with E-state index in [1.165, 1.54) is 6.07 Å². The molecule has 2 nitrogen and oxygen atoms in total. The van der Waals surface area contributed by atoms with Crippen LogP contribution < -0.4 is 11.1 Å². The number of benzene rings is 2. The lowest BCUT2D eigenvalue weighted by Gasteiger charge is -2.20. The molecule has 3 N–H and O–H groups in total. The van der Waals surface area contributed by atoms with Crippen LogP contribution in [0.4, 0.5) is 10.1 Å². The first kappa shape index (κ1) is 15.6. The van der Waals surface area contributed by atoms with Crippen molar-refractivity contribution in [1.29, 1.82) is 0 Å². The molecule has 0 aliphatic rings. The SMILES string of the molecule is NCC(Nc1ccc(Cl)c(Br)c1)c1c(F)cccc1Cl. The molecule has 106 valence electrons. The molecule has 0 saturated heterocycles. The van der Waals surface area contributed by atoms with Crippen LogP contribution in [0.1, 0.15) is 11.6 Å². The maximum atomic E-state index is 13.9. The fourth-order valence-electron chi connectivity index (χ4n) is 1.88. The third kappa shape index (κ3) is 3.44. The molecule has 2 aromatic carbocycles. The van der Waals surface area contributed by atoms with E-state index in [0.717, 1.165) is 10.2 Å². The van der Waals surface area contributed by atoms with Gasteiger partial charge in [0.2, 0.25) is 0 Å². The van der Waals surface area contributed by atoms with Crippen molar-refractivity contribution in [1.82, 2.24) is 0 Å². The Morgan fingerprint density at radius 2 is 1.95 bits per heavy atom. The third-order valence-electron chi connectivity index (χ3n) is 2.84. The van der Waals surface area contributed by atoms with E-state index in [-0.39, 0.29) is 12.4 Å². The van der Waals surface area contributed by atoms with Crippen molar-refractivity contribution < 1.29 is 4.39 Å². The van der Waals surface area contributed by atoms with Gasteiger partial charge in [-0.3, -0.25) is 0 Å². The highest BCUT2D eigenvalue weighted by atomic mass is 79.9.